The van der Waals surface area contributed by atoms with Crippen molar-refractivity contribution >= 4 is 5.65 Å². The molecule has 4 rings (SSSR count). The van der Waals surface area contributed by atoms with E-state index in [0.29, 0.717) is 24.7 Å². The van der Waals surface area contributed by atoms with E-state index in [4.69, 9.17) is 5.10 Å². The number of nitrogens with zero attached hydrogens (tertiary/aromatic N) is 3. The Labute approximate surface area is 163 Å². The van der Waals surface area contributed by atoms with Gasteiger partial charge < -0.3 is 5.32 Å². The summed E-state index contributed by atoms with van der Waals surface area (Å²) in [5.41, 5.74) is 3.87. The second-order valence-electron chi connectivity index (χ2n) is 8.52. The van der Waals surface area contributed by atoms with E-state index in [9.17, 15) is 13.2 Å². The summed E-state index contributed by atoms with van der Waals surface area (Å²) in [6.45, 7) is 6.22. The highest BCUT2D eigenvalue weighted by Crippen LogP contribution is 2.43. The molecule has 7 heteroatoms. The van der Waals surface area contributed by atoms with Crippen molar-refractivity contribution in [3.63, 3.8) is 0 Å². The van der Waals surface area contributed by atoms with Crippen LogP contribution in [0.2, 0.25) is 0 Å². The maximum absolute atomic E-state index is 13.0. The minimum atomic E-state index is -4.07. The number of aryl methyl sites for hydroxylation is 1. The number of piperidine rings is 1. The van der Waals surface area contributed by atoms with E-state index in [1.807, 2.05) is 17.5 Å². The van der Waals surface area contributed by atoms with Gasteiger partial charge in [-0.2, -0.15) is 18.3 Å². The van der Waals surface area contributed by atoms with E-state index in [2.05, 4.69) is 23.3 Å². The smallest absolute Gasteiger partial charge is 0.316 e. The zero-order valence-electron chi connectivity index (χ0n) is 16.6. The molecule has 1 N–H and O–H groups in total. The Morgan fingerprint density at radius 1 is 1.14 bits per heavy atom. The number of hydrogen-bond donors (Lipinski definition) is 1. The summed E-state index contributed by atoms with van der Waals surface area (Å²) in [5, 5.41) is 8.36. The largest absolute Gasteiger partial charge is 0.391 e. The highest BCUT2D eigenvalue weighted by molar-refractivity contribution is 5.43. The SMILES string of the molecule is CCC1CCNCC1c1cc(C)nc2cc(C3CCC(C(F)(F)F)CC3)nn12. The van der Waals surface area contributed by atoms with Gasteiger partial charge in [-0.3, -0.25) is 0 Å². The molecule has 1 aliphatic heterocycles. The standard InChI is InChI=1S/C21H29F3N4/c1-3-14-8-9-25-12-17(14)19-10-13(2)26-20-11-18(27-28(19)20)15-4-6-16(7-5-15)21(22,23)24/h10-11,14-17,25H,3-9,12H2,1-2H3. The summed E-state index contributed by atoms with van der Waals surface area (Å²) in [6.07, 6.45) is -0.295. The Balaban J connectivity index is 1.63. The number of fused-ring (bicyclic) bond motifs is 1. The minimum Gasteiger partial charge on any atom is -0.316 e. The van der Waals surface area contributed by atoms with Gasteiger partial charge in [-0.15, -0.1) is 0 Å². The zero-order chi connectivity index (χ0) is 19.9. The van der Waals surface area contributed by atoms with Gasteiger partial charge >= 0.3 is 6.18 Å². The van der Waals surface area contributed by atoms with Gasteiger partial charge in [0.15, 0.2) is 5.65 Å². The Bertz CT molecular complexity index is 821. The van der Waals surface area contributed by atoms with Crippen LogP contribution in [-0.4, -0.2) is 33.9 Å². The molecule has 4 nitrogen and oxygen atoms in total. The zero-order valence-corrected chi connectivity index (χ0v) is 16.6. The molecule has 0 aromatic carbocycles. The molecular formula is C21H29F3N4. The Morgan fingerprint density at radius 2 is 1.89 bits per heavy atom. The van der Waals surface area contributed by atoms with Gasteiger partial charge in [0.05, 0.1) is 17.3 Å². The number of aromatic nitrogens is 3. The third-order valence-corrected chi connectivity index (χ3v) is 6.74. The first-order chi connectivity index (χ1) is 13.4. The Hall–Kier alpha value is -1.63. The fraction of sp³-hybridized carbons (Fsp3) is 0.714. The van der Waals surface area contributed by atoms with Gasteiger partial charge in [-0.05, 0) is 57.6 Å². The highest BCUT2D eigenvalue weighted by Gasteiger charge is 2.42. The van der Waals surface area contributed by atoms with Crippen LogP contribution in [0, 0.1) is 18.8 Å². The lowest BCUT2D eigenvalue weighted by Crippen LogP contribution is -2.36. The van der Waals surface area contributed by atoms with Gasteiger partial charge in [0.1, 0.15) is 0 Å². The van der Waals surface area contributed by atoms with Crippen molar-refractivity contribution in [1.29, 1.82) is 0 Å². The van der Waals surface area contributed by atoms with E-state index in [-0.39, 0.29) is 18.8 Å². The van der Waals surface area contributed by atoms with E-state index in [0.717, 1.165) is 43.0 Å². The maximum Gasteiger partial charge on any atom is 0.391 e. The molecule has 1 aliphatic carbocycles. The summed E-state index contributed by atoms with van der Waals surface area (Å²) in [7, 11) is 0. The van der Waals surface area contributed by atoms with Crippen molar-refractivity contribution in [1.82, 2.24) is 19.9 Å². The quantitative estimate of drug-likeness (QED) is 0.799. The third kappa shape index (κ3) is 3.78. The van der Waals surface area contributed by atoms with Gasteiger partial charge in [0.25, 0.3) is 0 Å². The molecule has 2 aromatic rings. The first-order valence-corrected chi connectivity index (χ1v) is 10.5. The lowest BCUT2D eigenvalue weighted by atomic mass is 9.80. The summed E-state index contributed by atoms with van der Waals surface area (Å²) >= 11 is 0. The van der Waals surface area contributed by atoms with Crippen LogP contribution in [0.3, 0.4) is 0 Å². The molecular weight excluding hydrogens is 365 g/mol. The van der Waals surface area contributed by atoms with Crippen LogP contribution in [-0.2, 0) is 0 Å². The molecule has 2 unspecified atom stereocenters. The minimum absolute atomic E-state index is 0.0971. The molecule has 2 fully saturated rings. The fourth-order valence-corrected chi connectivity index (χ4v) is 5.07. The predicted octanol–water partition coefficient (Wildman–Crippen LogP) is 4.98. The average molecular weight is 394 g/mol. The average Bonchev–Trinajstić information content (AvgIpc) is 3.10. The number of nitrogens with one attached hydrogen (secondary N) is 1. The summed E-state index contributed by atoms with van der Waals surface area (Å²) in [4.78, 5) is 4.65. The van der Waals surface area contributed by atoms with Crippen molar-refractivity contribution in [2.45, 2.75) is 70.4 Å². The van der Waals surface area contributed by atoms with Crippen LogP contribution in [0.15, 0.2) is 12.1 Å². The first kappa shape index (κ1) is 19.7. The van der Waals surface area contributed by atoms with Crippen molar-refractivity contribution in [3.8, 4) is 0 Å². The Morgan fingerprint density at radius 3 is 2.57 bits per heavy atom. The van der Waals surface area contributed by atoms with Crippen molar-refractivity contribution in [2.75, 3.05) is 13.1 Å². The van der Waals surface area contributed by atoms with E-state index >= 15 is 0 Å². The second-order valence-corrected chi connectivity index (χ2v) is 8.52. The molecule has 154 valence electrons. The number of halogens is 3. The van der Waals surface area contributed by atoms with E-state index < -0.39 is 12.1 Å². The Kier molecular flexibility index (Phi) is 5.38. The van der Waals surface area contributed by atoms with Crippen LogP contribution >= 0.6 is 0 Å². The van der Waals surface area contributed by atoms with E-state index in [1.165, 1.54) is 5.69 Å². The lowest BCUT2D eigenvalue weighted by molar-refractivity contribution is -0.182. The summed E-state index contributed by atoms with van der Waals surface area (Å²) in [5.74, 6) is -0.0620. The fourth-order valence-electron chi connectivity index (χ4n) is 5.07. The van der Waals surface area contributed by atoms with Crippen molar-refractivity contribution in [3.05, 3.63) is 29.2 Å². The second kappa shape index (κ2) is 7.65. The first-order valence-electron chi connectivity index (χ1n) is 10.5. The molecule has 2 aliphatic rings. The molecule has 3 heterocycles. The predicted molar refractivity (Wildman–Crippen MR) is 102 cm³/mol. The monoisotopic (exact) mass is 394 g/mol. The normalized spacial score (nSPS) is 29.3. The molecule has 1 saturated carbocycles. The van der Waals surface area contributed by atoms with Crippen LogP contribution in [0.4, 0.5) is 13.2 Å². The van der Waals surface area contributed by atoms with Crippen LogP contribution in [0.1, 0.15) is 74.4 Å². The highest BCUT2D eigenvalue weighted by atomic mass is 19.4. The van der Waals surface area contributed by atoms with Gasteiger partial charge in [-0.1, -0.05) is 13.3 Å². The van der Waals surface area contributed by atoms with Crippen molar-refractivity contribution < 1.29 is 13.2 Å². The van der Waals surface area contributed by atoms with Crippen LogP contribution in [0.25, 0.3) is 5.65 Å². The molecule has 28 heavy (non-hydrogen) atoms. The van der Waals surface area contributed by atoms with Gasteiger partial charge in [0.2, 0.25) is 0 Å². The molecule has 0 radical (unpaired) electrons. The molecule has 0 spiro atoms. The van der Waals surface area contributed by atoms with E-state index in [1.54, 1.807) is 0 Å². The van der Waals surface area contributed by atoms with Crippen LogP contribution < -0.4 is 5.32 Å². The topological polar surface area (TPSA) is 42.2 Å². The lowest BCUT2D eigenvalue weighted by Gasteiger charge is -2.32. The number of alkyl halides is 3. The number of hydrogen-bond acceptors (Lipinski definition) is 3. The molecule has 0 bridgehead atoms. The molecule has 1 saturated heterocycles. The van der Waals surface area contributed by atoms with Gasteiger partial charge in [-0.25, -0.2) is 9.50 Å². The number of rotatable bonds is 3. The maximum atomic E-state index is 13.0. The third-order valence-electron chi connectivity index (χ3n) is 6.74. The van der Waals surface area contributed by atoms with Crippen molar-refractivity contribution in [2.24, 2.45) is 11.8 Å². The molecule has 2 aromatic heterocycles. The summed E-state index contributed by atoms with van der Waals surface area (Å²) < 4.78 is 40.9. The van der Waals surface area contributed by atoms with Crippen LogP contribution in [0.5, 0.6) is 0 Å². The summed E-state index contributed by atoms with van der Waals surface area (Å²) in [6, 6.07) is 4.12. The molecule has 2 atom stereocenters. The van der Waals surface area contributed by atoms with Gasteiger partial charge in [0, 0.05) is 30.1 Å². The molecule has 0 amide bonds.